The Morgan fingerprint density at radius 1 is 1.12 bits per heavy atom. The van der Waals surface area contributed by atoms with Gasteiger partial charge in [0, 0.05) is 49.8 Å². The zero-order chi connectivity index (χ0) is 18.9. The number of hydrogen-bond donors (Lipinski definition) is 0. The lowest BCUT2D eigenvalue weighted by Crippen LogP contribution is -2.46. The van der Waals surface area contributed by atoms with Crippen LogP contribution >= 0.6 is 11.8 Å². The monoisotopic (exact) mass is 375 g/mol. The van der Waals surface area contributed by atoms with Gasteiger partial charge in [-0.1, -0.05) is 37.7 Å². The molecule has 1 saturated heterocycles. The lowest BCUT2D eigenvalue weighted by atomic mass is 9.92. The van der Waals surface area contributed by atoms with Gasteiger partial charge in [0.05, 0.1) is 11.4 Å². The number of anilines is 1. The van der Waals surface area contributed by atoms with Crippen molar-refractivity contribution in [2.75, 3.05) is 37.3 Å². The van der Waals surface area contributed by atoms with E-state index in [0.29, 0.717) is 0 Å². The van der Waals surface area contributed by atoms with Crippen LogP contribution in [0.15, 0.2) is 15.7 Å². The molecule has 6 nitrogen and oxygen atoms in total. The van der Waals surface area contributed by atoms with Crippen molar-refractivity contribution in [3.8, 4) is 0 Å². The highest BCUT2D eigenvalue weighted by Crippen LogP contribution is 2.27. The van der Waals surface area contributed by atoms with Crippen LogP contribution in [0.5, 0.6) is 0 Å². The molecule has 0 bridgehead atoms. The van der Waals surface area contributed by atoms with Crippen LogP contribution in [-0.2, 0) is 12.0 Å². The van der Waals surface area contributed by atoms with E-state index < -0.39 is 0 Å². The number of hydrogen-bond acceptors (Lipinski definition) is 7. The van der Waals surface area contributed by atoms with Gasteiger partial charge in [-0.25, -0.2) is 9.97 Å². The van der Waals surface area contributed by atoms with Gasteiger partial charge in [0.1, 0.15) is 11.6 Å². The van der Waals surface area contributed by atoms with Gasteiger partial charge in [0.2, 0.25) is 0 Å². The van der Waals surface area contributed by atoms with Crippen molar-refractivity contribution in [1.82, 2.24) is 20.0 Å². The summed E-state index contributed by atoms with van der Waals surface area (Å²) in [4.78, 5) is 14.3. The topological polar surface area (TPSA) is 58.3 Å². The van der Waals surface area contributed by atoms with Crippen molar-refractivity contribution in [3.63, 3.8) is 0 Å². The Kier molecular flexibility index (Phi) is 5.58. The molecule has 1 fully saturated rings. The highest BCUT2D eigenvalue weighted by molar-refractivity contribution is 7.98. The first-order chi connectivity index (χ1) is 12.3. The third kappa shape index (κ3) is 4.20. The molecule has 3 heterocycles. The Hall–Kier alpha value is -1.60. The molecule has 0 unspecified atom stereocenters. The van der Waals surface area contributed by atoms with Crippen LogP contribution in [0.4, 0.5) is 5.82 Å². The molecule has 0 spiro atoms. The third-order valence-corrected chi connectivity index (χ3v) is 5.45. The van der Waals surface area contributed by atoms with Gasteiger partial charge in [-0.2, -0.15) is 0 Å². The summed E-state index contributed by atoms with van der Waals surface area (Å²) in [5, 5.41) is 4.92. The standard InChI is InChI=1S/C19H29N5OS/c1-13-15(14(2)25-22-13)12-23-7-9-24(10-8-23)17-11-16(19(3,4)5)20-18(21-17)26-6/h11H,7-10,12H2,1-6H3. The minimum Gasteiger partial charge on any atom is -0.361 e. The largest absolute Gasteiger partial charge is 0.361 e. The van der Waals surface area contributed by atoms with Crippen LogP contribution in [0.1, 0.15) is 43.5 Å². The van der Waals surface area contributed by atoms with E-state index in [4.69, 9.17) is 14.5 Å². The van der Waals surface area contributed by atoms with Crippen molar-refractivity contribution in [3.05, 3.63) is 28.8 Å². The van der Waals surface area contributed by atoms with E-state index >= 15 is 0 Å². The van der Waals surface area contributed by atoms with E-state index in [-0.39, 0.29) is 5.41 Å². The maximum atomic E-state index is 5.29. The molecule has 0 aromatic carbocycles. The normalized spacial score (nSPS) is 16.3. The van der Waals surface area contributed by atoms with E-state index in [1.54, 1.807) is 11.8 Å². The van der Waals surface area contributed by atoms with E-state index in [1.165, 1.54) is 5.56 Å². The smallest absolute Gasteiger partial charge is 0.189 e. The van der Waals surface area contributed by atoms with Gasteiger partial charge in [0.15, 0.2) is 5.16 Å². The Morgan fingerprint density at radius 3 is 2.35 bits per heavy atom. The molecular weight excluding hydrogens is 346 g/mol. The zero-order valence-corrected chi connectivity index (χ0v) is 17.5. The highest BCUT2D eigenvalue weighted by Gasteiger charge is 2.23. The minimum atomic E-state index is 0.0212. The molecule has 3 rings (SSSR count). The summed E-state index contributed by atoms with van der Waals surface area (Å²) in [6.07, 6.45) is 2.03. The minimum absolute atomic E-state index is 0.0212. The average molecular weight is 376 g/mol. The van der Waals surface area contributed by atoms with Crippen LogP contribution in [0.3, 0.4) is 0 Å². The van der Waals surface area contributed by atoms with Crippen LogP contribution < -0.4 is 4.90 Å². The van der Waals surface area contributed by atoms with Crippen molar-refractivity contribution in [2.24, 2.45) is 0 Å². The average Bonchev–Trinajstić information content (AvgIpc) is 2.93. The molecule has 0 radical (unpaired) electrons. The van der Waals surface area contributed by atoms with E-state index in [1.807, 2.05) is 20.1 Å². The lowest BCUT2D eigenvalue weighted by Gasteiger charge is -2.35. The predicted molar refractivity (Wildman–Crippen MR) is 106 cm³/mol. The quantitative estimate of drug-likeness (QED) is 0.599. The number of aromatic nitrogens is 3. The summed E-state index contributed by atoms with van der Waals surface area (Å²) in [6, 6.07) is 2.16. The first-order valence-electron chi connectivity index (χ1n) is 9.10. The van der Waals surface area contributed by atoms with E-state index in [2.05, 4.69) is 41.8 Å². The molecule has 2 aromatic rings. The van der Waals surface area contributed by atoms with Crippen molar-refractivity contribution >= 4 is 17.6 Å². The maximum Gasteiger partial charge on any atom is 0.189 e. The molecule has 0 atom stereocenters. The van der Waals surface area contributed by atoms with Gasteiger partial charge in [-0.3, -0.25) is 4.90 Å². The second-order valence-corrected chi connectivity index (χ2v) is 8.69. The van der Waals surface area contributed by atoms with Gasteiger partial charge < -0.3 is 9.42 Å². The van der Waals surface area contributed by atoms with Crippen LogP contribution in [0.2, 0.25) is 0 Å². The number of rotatable bonds is 4. The van der Waals surface area contributed by atoms with Gasteiger partial charge in [0.25, 0.3) is 0 Å². The van der Waals surface area contributed by atoms with E-state index in [0.717, 1.165) is 60.8 Å². The molecule has 0 N–H and O–H groups in total. The SMILES string of the molecule is CSc1nc(N2CCN(Cc3c(C)noc3C)CC2)cc(C(C)(C)C)n1. The zero-order valence-electron chi connectivity index (χ0n) is 16.7. The lowest BCUT2D eigenvalue weighted by molar-refractivity contribution is 0.247. The summed E-state index contributed by atoms with van der Waals surface area (Å²) >= 11 is 1.61. The third-order valence-electron chi connectivity index (χ3n) is 4.90. The Labute approximate surface area is 160 Å². The van der Waals surface area contributed by atoms with E-state index in [9.17, 15) is 0 Å². The van der Waals surface area contributed by atoms with Crippen molar-refractivity contribution in [1.29, 1.82) is 0 Å². The summed E-state index contributed by atoms with van der Waals surface area (Å²) in [7, 11) is 0. The molecule has 1 aliphatic rings. The highest BCUT2D eigenvalue weighted by atomic mass is 32.2. The number of thioether (sulfide) groups is 1. The predicted octanol–water partition coefficient (Wildman–Crippen LogP) is 3.42. The fourth-order valence-corrected chi connectivity index (χ4v) is 3.51. The van der Waals surface area contributed by atoms with Crippen LogP contribution in [0.25, 0.3) is 0 Å². The number of piperazine rings is 1. The first-order valence-corrected chi connectivity index (χ1v) is 10.3. The fourth-order valence-electron chi connectivity index (χ4n) is 3.14. The van der Waals surface area contributed by atoms with Gasteiger partial charge in [-0.05, 0) is 20.1 Å². The molecule has 1 aliphatic heterocycles. The molecule has 26 heavy (non-hydrogen) atoms. The van der Waals surface area contributed by atoms with Gasteiger partial charge in [-0.15, -0.1) is 0 Å². The second kappa shape index (κ2) is 7.56. The Morgan fingerprint density at radius 2 is 1.81 bits per heavy atom. The van der Waals surface area contributed by atoms with Crippen molar-refractivity contribution < 1.29 is 4.52 Å². The fraction of sp³-hybridized carbons (Fsp3) is 0.632. The maximum absolute atomic E-state index is 5.29. The molecule has 2 aromatic heterocycles. The van der Waals surface area contributed by atoms with Gasteiger partial charge >= 0.3 is 0 Å². The Balaban J connectivity index is 1.70. The first kappa shape index (κ1) is 19.2. The summed E-state index contributed by atoms with van der Waals surface area (Å²) in [5.74, 6) is 1.98. The van der Waals surface area contributed by atoms with Crippen LogP contribution in [-0.4, -0.2) is 52.5 Å². The number of aryl methyl sites for hydroxylation is 2. The molecule has 7 heteroatoms. The molecule has 142 valence electrons. The molecular formula is C19H29N5OS. The molecule has 0 saturated carbocycles. The summed E-state index contributed by atoms with van der Waals surface area (Å²) in [6.45, 7) is 15.5. The second-order valence-electron chi connectivity index (χ2n) is 7.91. The van der Waals surface area contributed by atoms with Crippen LogP contribution in [0, 0.1) is 13.8 Å². The number of nitrogens with zero attached hydrogens (tertiary/aromatic N) is 5. The molecule has 0 aliphatic carbocycles. The van der Waals surface area contributed by atoms with Crippen molar-refractivity contribution in [2.45, 2.75) is 51.7 Å². The Bertz CT molecular complexity index is 740. The summed E-state index contributed by atoms with van der Waals surface area (Å²) < 4.78 is 5.29. The molecule has 0 amide bonds. The summed E-state index contributed by atoms with van der Waals surface area (Å²) in [5.41, 5.74) is 3.35.